The van der Waals surface area contributed by atoms with E-state index >= 15 is 0 Å². The van der Waals surface area contributed by atoms with Crippen LogP contribution in [-0.4, -0.2) is 112 Å². The number of pyridine rings is 3. The summed E-state index contributed by atoms with van der Waals surface area (Å²) in [6.07, 6.45) is 13.3. The molecule has 3 aromatic heterocycles. The Bertz CT molecular complexity index is 1730. The number of aldehydes is 1. The molecule has 0 aliphatic carbocycles. The minimum atomic E-state index is -0.452. The summed E-state index contributed by atoms with van der Waals surface area (Å²) in [7, 11) is 0. The van der Waals surface area contributed by atoms with Crippen LogP contribution in [0.15, 0.2) is 48.8 Å². The molecule has 0 unspecified atom stereocenters. The zero-order valence-corrected chi connectivity index (χ0v) is 35.7. The number of aromatic nitrogens is 3. The Morgan fingerprint density at radius 1 is 0.759 bits per heavy atom. The van der Waals surface area contributed by atoms with Gasteiger partial charge in [0.15, 0.2) is 11.9 Å². The van der Waals surface area contributed by atoms with E-state index in [1.165, 1.54) is 0 Å². The number of nitrogen functional groups attached to an aromatic ring is 1. The van der Waals surface area contributed by atoms with E-state index in [2.05, 4.69) is 27.1 Å². The molecule has 14 heteroatoms. The SMILES string of the molecule is CC(=O)CCCCCO[C@@H]1CCN(C(=O)OC(C)(C)C)C1.CC(C)(C)OC(=O)N1CC[C@@H](OCCCCCc2ccc3cccnc3n2)C1.Nc1ncccc1C=O. The van der Waals surface area contributed by atoms with Gasteiger partial charge in [0, 0.05) is 56.2 Å². The average Bonchev–Trinajstić information content (AvgIpc) is 3.84. The van der Waals surface area contributed by atoms with E-state index in [-0.39, 0.29) is 36.0 Å². The van der Waals surface area contributed by atoms with Gasteiger partial charge in [-0.15, -0.1) is 0 Å². The zero-order valence-electron chi connectivity index (χ0n) is 35.7. The number of carbonyl (C=O) groups excluding carboxylic acids is 4. The Balaban J connectivity index is 0.000000263. The fourth-order valence-corrected chi connectivity index (χ4v) is 6.11. The number of nitrogens with zero attached hydrogens (tertiary/aromatic N) is 5. The third-order valence-electron chi connectivity index (χ3n) is 9.07. The Hall–Kier alpha value is -4.69. The van der Waals surface area contributed by atoms with Crippen molar-refractivity contribution in [1.29, 1.82) is 0 Å². The fraction of sp³-hybridized carbons (Fsp3) is 0.614. The van der Waals surface area contributed by atoms with Gasteiger partial charge in [0.25, 0.3) is 0 Å². The topological polar surface area (TPSA) is 176 Å². The number of Topliss-reactive ketones (excluding diaryl/α,β-unsaturated/α-hetero) is 1. The van der Waals surface area contributed by atoms with Crippen molar-refractivity contribution in [1.82, 2.24) is 24.8 Å². The molecule has 0 aromatic carbocycles. The number of fused-ring (bicyclic) bond motifs is 1. The quantitative estimate of drug-likeness (QED) is 0.116. The number of aryl methyl sites for hydroxylation is 1. The lowest BCUT2D eigenvalue weighted by Crippen LogP contribution is -2.36. The number of amides is 2. The van der Waals surface area contributed by atoms with Crippen LogP contribution in [0, 0.1) is 0 Å². The molecule has 2 amide bonds. The first-order valence-electron chi connectivity index (χ1n) is 20.6. The van der Waals surface area contributed by atoms with Crippen molar-refractivity contribution in [2.75, 3.05) is 45.1 Å². The Morgan fingerprint density at radius 2 is 1.31 bits per heavy atom. The van der Waals surface area contributed by atoms with Gasteiger partial charge in [-0.2, -0.15) is 0 Å². The second-order valence-corrected chi connectivity index (χ2v) is 16.7. The summed E-state index contributed by atoms with van der Waals surface area (Å²) in [5.74, 6) is 0.534. The van der Waals surface area contributed by atoms with Crippen LogP contribution >= 0.6 is 0 Å². The fourth-order valence-electron chi connectivity index (χ4n) is 6.11. The molecule has 3 aromatic rings. The van der Waals surface area contributed by atoms with Gasteiger partial charge < -0.3 is 39.3 Å². The lowest BCUT2D eigenvalue weighted by atomic mass is 10.1. The molecule has 2 fully saturated rings. The normalized spacial score (nSPS) is 16.5. The van der Waals surface area contributed by atoms with E-state index in [9.17, 15) is 19.2 Å². The minimum Gasteiger partial charge on any atom is -0.444 e. The van der Waals surface area contributed by atoms with Crippen LogP contribution in [0.25, 0.3) is 11.0 Å². The maximum Gasteiger partial charge on any atom is 0.410 e. The summed E-state index contributed by atoms with van der Waals surface area (Å²) in [5.41, 5.74) is 6.74. The molecule has 0 spiro atoms. The first-order chi connectivity index (χ1) is 27.5. The molecule has 320 valence electrons. The molecule has 2 N–H and O–H groups in total. The van der Waals surface area contributed by atoms with Crippen LogP contribution in [-0.2, 0) is 30.2 Å². The van der Waals surface area contributed by atoms with Gasteiger partial charge in [-0.05, 0) is 130 Å². The smallest absolute Gasteiger partial charge is 0.410 e. The Morgan fingerprint density at radius 3 is 1.83 bits per heavy atom. The number of carbonyl (C=O) groups is 4. The van der Waals surface area contributed by atoms with Crippen LogP contribution in [0.3, 0.4) is 0 Å². The predicted octanol–water partition coefficient (Wildman–Crippen LogP) is 8.01. The highest BCUT2D eigenvalue weighted by Crippen LogP contribution is 2.19. The number of hydrogen-bond acceptors (Lipinski definition) is 12. The van der Waals surface area contributed by atoms with Gasteiger partial charge in [0.05, 0.1) is 30.9 Å². The number of ether oxygens (including phenoxy) is 4. The Kier molecular flexibility index (Phi) is 20.0. The van der Waals surface area contributed by atoms with Crippen LogP contribution in [0.1, 0.15) is 122 Å². The molecule has 5 rings (SSSR count). The van der Waals surface area contributed by atoms with Gasteiger partial charge in [-0.3, -0.25) is 4.79 Å². The summed E-state index contributed by atoms with van der Waals surface area (Å²) in [6, 6.07) is 11.4. The summed E-state index contributed by atoms with van der Waals surface area (Å²) < 4.78 is 22.5. The van der Waals surface area contributed by atoms with E-state index in [0.717, 1.165) is 81.1 Å². The van der Waals surface area contributed by atoms with Crippen LogP contribution in [0.4, 0.5) is 15.4 Å². The van der Waals surface area contributed by atoms with E-state index in [1.807, 2.05) is 53.7 Å². The molecule has 14 nitrogen and oxygen atoms in total. The lowest BCUT2D eigenvalue weighted by Gasteiger charge is -2.24. The maximum atomic E-state index is 12.1. The van der Waals surface area contributed by atoms with Gasteiger partial charge >= 0.3 is 12.2 Å². The summed E-state index contributed by atoms with van der Waals surface area (Å²) in [5, 5.41) is 1.08. The highest BCUT2D eigenvalue weighted by atomic mass is 16.6. The molecule has 2 atom stereocenters. The summed E-state index contributed by atoms with van der Waals surface area (Å²) >= 11 is 0. The highest BCUT2D eigenvalue weighted by Gasteiger charge is 2.31. The predicted molar refractivity (Wildman–Crippen MR) is 225 cm³/mol. The molecule has 58 heavy (non-hydrogen) atoms. The average molecular weight is 807 g/mol. The van der Waals surface area contributed by atoms with Crippen molar-refractivity contribution in [3.05, 3.63) is 60.0 Å². The highest BCUT2D eigenvalue weighted by molar-refractivity contribution is 5.81. The lowest BCUT2D eigenvalue weighted by molar-refractivity contribution is -0.117. The second kappa shape index (κ2) is 24.3. The van der Waals surface area contributed by atoms with Crippen LogP contribution in [0.2, 0.25) is 0 Å². The number of rotatable bonds is 15. The Labute approximate surface area is 344 Å². The molecule has 0 bridgehead atoms. The number of ketones is 1. The maximum absolute atomic E-state index is 12.1. The molecule has 0 radical (unpaired) electrons. The van der Waals surface area contributed by atoms with Crippen molar-refractivity contribution in [2.24, 2.45) is 0 Å². The van der Waals surface area contributed by atoms with Crippen molar-refractivity contribution in [2.45, 2.75) is 136 Å². The molecule has 5 heterocycles. The molecule has 2 aliphatic heterocycles. The van der Waals surface area contributed by atoms with E-state index in [0.29, 0.717) is 51.1 Å². The number of likely N-dealkylation sites (tertiary alicyclic amines) is 2. The van der Waals surface area contributed by atoms with Crippen molar-refractivity contribution >= 4 is 41.1 Å². The standard InChI is InChI=1S/C22H31N3O3.C16H29NO4.C6H6N2O/c1-22(2,3)28-21(26)25-14-12-19(16-25)27-15-6-4-5-9-18-11-10-17-8-7-13-23-20(17)24-18;1-13(18)8-6-5-7-11-20-14-9-10-17(12-14)15(19)21-16(2,3)4;7-6-5(4-9)2-1-3-8-6/h7-8,10-11,13,19H,4-6,9,12,14-16H2,1-3H3;14H,5-12H2,1-4H3;1-4H,(H2,7,8)/t19-;14-;/m11./s1. The number of hydrogen-bond donors (Lipinski definition) is 1. The first kappa shape index (κ1) is 47.7. The monoisotopic (exact) mass is 806 g/mol. The van der Waals surface area contributed by atoms with Gasteiger partial charge in [0.2, 0.25) is 0 Å². The second-order valence-electron chi connectivity index (χ2n) is 16.7. The third-order valence-corrected chi connectivity index (χ3v) is 9.07. The number of unbranched alkanes of at least 4 members (excludes halogenated alkanes) is 4. The van der Waals surface area contributed by atoms with E-state index in [1.54, 1.807) is 41.2 Å². The van der Waals surface area contributed by atoms with Crippen LogP contribution < -0.4 is 5.73 Å². The first-order valence-corrected chi connectivity index (χ1v) is 20.6. The van der Waals surface area contributed by atoms with Crippen LogP contribution in [0.5, 0.6) is 0 Å². The minimum absolute atomic E-state index is 0.116. The van der Waals surface area contributed by atoms with E-state index < -0.39 is 11.2 Å². The van der Waals surface area contributed by atoms with Crippen molar-refractivity contribution in [3.8, 4) is 0 Å². The summed E-state index contributed by atoms with van der Waals surface area (Å²) in [4.78, 5) is 61.0. The molecule has 2 aliphatic rings. The molecular weight excluding hydrogens is 741 g/mol. The van der Waals surface area contributed by atoms with Gasteiger partial charge in [-0.1, -0.05) is 12.8 Å². The molecular formula is C44H66N6O8. The molecule has 2 saturated heterocycles. The van der Waals surface area contributed by atoms with Gasteiger partial charge in [-0.25, -0.2) is 24.5 Å². The van der Waals surface area contributed by atoms with E-state index in [4.69, 9.17) is 24.7 Å². The van der Waals surface area contributed by atoms with Gasteiger partial charge in [0.1, 0.15) is 22.8 Å². The largest absolute Gasteiger partial charge is 0.444 e. The third kappa shape index (κ3) is 19.2. The molecule has 0 saturated carbocycles. The van der Waals surface area contributed by atoms with Crippen molar-refractivity contribution < 1.29 is 38.1 Å². The zero-order chi connectivity index (χ0) is 42.6. The van der Waals surface area contributed by atoms with Crippen molar-refractivity contribution in [3.63, 3.8) is 0 Å². The number of nitrogens with two attached hydrogens (primary N) is 1. The summed E-state index contributed by atoms with van der Waals surface area (Å²) in [6.45, 7) is 17.0. The number of anilines is 1.